The van der Waals surface area contributed by atoms with E-state index in [0.717, 1.165) is 11.4 Å². The quantitative estimate of drug-likeness (QED) is 0.657. The van der Waals surface area contributed by atoms with Crippen molar-refractivity contribution in [2.75, 3.05) is 0 Å². The van der Waals surface area contributed by atoms with Crippen LogP contribution in [0.15, 0.2) is 53.3 Å². The van der Waals surface area contributed by atoms with Gasteiger partial charge in [-0.1, -0.05) is 6.07 Å². The second-order valence-corrected chi connectivity index (χ2v) is 5.24. The van der Waals surface area contributed by atoms with Crippen molar-refractivity contribution in [1.82, 2.24) is 9.97 Å². The Bertz CT molecular complexity index is 672. The minimum Gasteiger partial charge on any atom is -0.364 e. The number of nitrogens with one attached hydrogen (secondary N) is 2. The van der Waals surface area contributed by atoms with Gasteiger partial charge in [0.2, 0.25) is 0 Å². The predicted octanol–water partition coefficient (Wildman–Crippen LogP) is 4.56. The van der Waals surface area contributed by atoms with Crippen LogP contribution in [0.3, 0.4) is 0 Å². The standard InChI is InChI=1S/C15H11BrF2N2/c16-14-10(17)6-5-9(15(14)18)13(11-3-1-7-19-11)12-4-2-8-20-12/h1-8,13,19-20H. The van der Waals surface area contributed by atoms with Crippen LogP contribution in [0.1, 0.15) is 22.9 Å². The summed E-state index contributed by atoms with van der Waals surface area (Å²) in [5.41, 5.74) is 2.08. The lowest BCUT2D eigenvalue weighted by molar-refractivity contribution is 0.557. The van der Waals surface area contributed by atoms with E-state index in [4.69, 9.17) is 0 Å². The Balaban J connectivity index is 2.19. The van der Waals surface area contributed by atoms with Crippen LogP contribution in [-0.2, 0) is 0 Å². The van der Waals surface area contributed by atoms with E-state index in [1.165, 1.54) is 12.1 Å². The Labute approximate surface area is 123 Å². The molecule has 2 aromatic heterocycles. The van der Waals surface area contributed by atoms with Crippen LogP contribution in [0.5, 0.6) is 0 Å². The second kappa shape index (κ2) is 5.25. The number of hydrogen-bond donors (Lipinski definition) is 2. The first kappa shape index (κ1) is 13.1. The zero-order valence-electron chi connectivity index (χ0n) is 10.3. The average Bonchev–Trinajstić information content (AvgIpc) is 3.12. The molecular formula is C15H11BrF2N2. The first-order chi connectivity index (χ1) is 9.68. The third-order valence-corrected chi connectivity index (χ3v) is 3.97. The van der Waals surface area contributed by atoms with E-state index >= 15 is 0 Å². The third kappa shape index (κ3) is 2.18. The van der Waals surface area contributed by atoms with Gasteiger partial charge in [-0.05, 0) is 46.3 Å². The van der Waals surface area contributed by atoms with Gasteiger partial charge in [0.1, 0.15) is 11.6 Å². The van der Waals surface area contributed by atoms with Crippen molar-refractivity contribution in [3.63, 3.8) is 0 Å². The summed E-state index contributed by atoms with van der Waals surface area (Å²) in [5, 5.41) is 0. The van der Waals surface area contributed by atoms with Gasteiger partial charge in [-0.3, -0.25) is 0 Å². The molecule has 0 atom stereocenters. The number of benzene rings is 1. The molecule has 2 nitrogen and oxygen atoms in total. The number of hydrogen-bond acceptors (Lipinski definition) is 0. The van der Waals surface area contributed by atoms with Crippen LogP contribution < -0.4 is 0 Å². The maximum absolute atomic E-state index is 14.4. The van der Waals surface area contributed by atoms with Crippen molar-refractivity contribution >= 4 is 15.9 Å². The highest BCUT2D eigenvalue weighted by atomic mass is 79.9. The van der Waals surface area contributed by atoms with Crippen LogP contribution in [0.4, 0.5) is 8.78 Å². The van der Waals surface area contributed by atoms with Gasteiger partial charge in [-0.25, -0.2) is 8.78 Å². The topological polar surface area (TPSA) is 31.6 Å². The molecule has 102 valence electrons. The van der Waals surface area contributed by atoms with Gasteiger partial charge >= 0.3 is 0 Å². The molecule has 3 rings (SSSR count). The maximum atomic E-state index is 14.4. The number of H-pyrrole nitrogens is 2. The summed E-state index contributed by atoms with van der Waals surface area (Å²) in [7, 11) is 0. The minimum absolute atomic E-state index is 0.141. The van der Waals surface area contributed by atoms with Crippen molar-refractivity contribution < 1.29 is 8.78 Å². The van der Waals surface area contributed by atoms with Crippen molar-refractivity contribution in [3.05, 3.63) is 81.9 Å². The van der Waals surface area contributed by atoms with Crippen LogP contribution in [0.25, 0.3) is 0 Å². The minimum atomic E-state index is -0.608. The molecular weight excluding hydrogens is 326 g/mol. The number of aromatic nitrogens is 2. The molecule has 0 saturated heterocycles. The molecule has 1 aromatic carbocycles. The Hall–Kier alpha value is -1.88. The highest BCUT2D eigenvalue weighted by molar-refractivity contribution is 9.10. The van der Waals surface area contributed by atoms with E-state index in [2.05, 4.69) is 25.9 Å². The van der Waals surface area contributed by atoms with E-state index < -0.39 is 11.6 Å². The zero-order chi connectivity index (χ0) is 14.1. The second-order valence-electron chi connectivity index (χ2n) is 4.45. The van der Waals surface area contributed by atoms with Gasteiger partial charge in [-0.15, -0.1) is 0 Å². The molecule has 0 fully saturated rings. The molecule has 0 bridgehead atoms. The lowest BCUT2D eigenvalue weighted by atomic mass is 9.92. The van der Waals surface area contributed by atoms with Crippen LogP contribution in [0, 0.1) is 11.6 Å². The van der Waals surface area contributed by atoms with E-state index in [0.29, 0.717) is 5.56 Å². The number of halogens is 3. The molecule has 0 saturated carbocycles. The predicted molar refractivity (Wildman–Crippen MR) is 76.6 cm³/mol. The summed E-state index contributed by atoms with van der Waals surface area (Å²) < 4.78 is 27.6. The molecule has 0 amide bonds. The molecule has 5 heteroatoms. The van der Waals surface area contributed by atoms with Crippen LogP contribution >= 0.6 is 15.9 Å². The van der Waals surface area contributed by atoms with E-state index in [1.807, 2.05) is 24.3 Å². The molecule has 0 unspecified atom stereocenters. The molecule has 3 aromatic rings. The summed E-state index contributed by atoms with van der Waals surface area (Å²) in [4.78, 5) is 6.18. The van der Waals surface area contributed by atoms with Gasteiger partial charge in [0.05, 0.1) is 10.4 Å². The lowest BCUT2D eigenvalue weighted by Gasteiger charge is -2.17. The zero-order valence-corrected chi connectivity index (χ0v) is 11.9. The Morgan fingerprint density at radius 1 is 0.900 bits per heavy atom. The van der Waals surface area contributed by atoms with Gasteiger partial charge < -0.3 is 9.97 Å². The Morgan fingerprint density at radius 2 is 1.50 bits per heavy atom. The normalized spacial score (nSPS) is 11.2. The van der Waals surface area contributed by atoms with Gasteiger partial charge in [0.25, 0.3) is 0 Å². The van der Waals surface area contributed by atoms with E-state index in [-0.39, 0.29) is 10.4 Å². The van der Waals surface area contributed by atoms with E-state index in [9.17, 15) is 8.78 Å². The average molecular weight is 337 g/mol. The molecule has 2 heterocycles. The molecule has 0 aliphatic carbocycles. The highest BCUT2D eigenvalue weighted by Gasteiger charge is 2.24. The first-order valence-corrected chi connectivity index (χ1v) is 6.87. The smallest absolute Gasteiger partial charge is 0.144 e. The fraction of sp³-hybridized carbons (Fsp3) is 0.0667. The number of rotatable bonds is 3. The Morgan fingerprint density at radius 3 is 2.00 bits per heavy atom. The van der Waals surface area contributed by atoms with E-state index in [1.54, 1.807) is 12.4 Å². The van der Waals surface area contributed by atoms with Gasteiger partial charge in [-0.2, -0.15) is 0 Å². The third-order valence-electron chi connectivity index (χ3n) is 3.24. The lowest BCUT2D eigenvalue weighted by Crippen LogP contribution is -2.07. The largest absolute Gasteiger partial charge is 0.364 e. The molecule has 0 radical (unpaired) electrons. The molecule has 20 heavy (non-hydrogen) atoms. The highest BCUT2D eigenvalue weighted by Crippen LogP contribution is 2.34. The van der Waals surface area contributed by atoms with Crippen molar-refractivity contribution in [2.45, 2.75) is 5.92 Å². The molecule has 0 aliphatic heterocycles. The molecule has 0 aliphatic rings. The van der Waals surface area contributed by atoms with Crippen LogP contribution in [-0.4, -0.2) is 9.97 Å². The van der Waals surface area contributed by atoms with Gasteiger partial charge in [0.15, 0.2) is 0 Å². The fourth-order valence-electron chi connectivity index (χ4n) is 2.31. The Kier molecular flexibility index (Phi) is 3.44. The summed E-state index contributed by atoms with van der Waals surface area (Å²) in [5.74, 6) is -1.53. The van der Waals surface area contributed by atoms with Crippen molar-refractivity contribution in [3.8, 4) is 0 Å². The number of aromatic amines is 2. The summed E-state index contributed by atoms with van der Waals surface area (Å²) in [6.45, 7) is 0. The SMILES string of the molecule is Fc1ccc(C(c2ccc[nH]2)c2ccc[nH]2)c(F)c1Br. The monoisotopic (exact) mass is 336 g/mol. The summed E-state index contributed by atoms with van der Waals surface area (Å²) in [6.07, 6.45) is 3.56. The first-order valence-electron chi connectivity index (χ1n) is 6.08. The van der Waals surface area contributed by atoms with Crippen molar-refractivity contribution in [2.24, 2.45) is 0 Å². The summed E-state index contributed by atoms with van der Waals surface area (Å²) in [6, 6.07) is 10.2. The summed E-state index contributed by atoms with van der Waals surface area (Å²) >= 11 is 2.95. The van der Waals surface area contributed by atoms with Crippen molar-refractivity contribution in [1.29, 1.82) is 0 Å². The maximum Gasteiger partial charge on any atom is 0.144 e. The fourth-order valence-corrected chi connectivity index (χ4v) is 2.68. The molecule has 2 N–H and O–H groups in total. The van der Waals surface area contributed by atoms with Crippen LogP contribution in [0.2, 0.25) is 0 Å². The molecule has 0 spiro atoms. The van der Waals surface area contributed by atoms with Gasteiger partial charge in [0, 0.05) is 29.3 Å².